The van der Waals surface area contributed by atoms with Crippen LogP contribution in [0.3, 0.4) is 0 Å². The van der Waals surface area contributed by atoms with Gasteiger partial charge in [0, 0.05) is 6.42 Å². The fourth-order valence-electron chi connectivity index (χ4n) is 1.19. The Hall–Kier alpha value is -1.26. The van der Waals surface area contributed by atoms with Gasteiger partial charge in [-0.25, -0.2) is 0 Å². The van der Waals surface area contributed by atoms with Gasteiger partial charge < -0.3 is 20.4 Å². The number of rotatable bonds is 2. The van der Waals surface area contributed by atoms with Crippen molar-refractivity contribution < 1.29 is 20.4 Å². The molecule has 0 saturated heterocycles. The van der Waals surface area contributed by atoms with Gasteiger partial charge in [-0.3, -0.25) is 0 Å². The molecule has 0 heterocycles. The monoisotopic (exact) mass is 184 g/mol. The van der Waals surface area contributed by atoms with E-state index >= 15 is 0 Å². The molecule has 1 aliphatic carbocycles. The van der Waals surface area contributed by atoms with Crippen LogP contribution in [-0.2, 0) is 0 Å². The van der Waals surface area contributed by atoms with Gasteiger partial charge in [-0.1, -0.05) is 6.08 Å². The second kappa shape index (κ2) is 3.24. The summed E-state index contributed by atoms with van der Waals surface area (Å²) < 4.78 is 0. The third-order valence-corrected chi connectivity index (χ3v) is 1.95. The van der Waals surface area contributed by atoms with E-state index in [9.17, 15) is 10.2 Å². The van der Waals surface area contributed by atoms with Crippen molar-refractivity contribution in [2.75, 3.05) is 0 Å². The Balaban J connectivity index is 2.97. The summed E-state index contributed by atoms with van der Waals surface area (Å²) in [6.45, 7) is 3.41. The maximum absolute atomic E-state index is 9.71. The van der Waals surface area contributed by atoms with E-state index in [4.69, 9.17) is 10.2 Å². The summed E-state index contributed by atoms with van der Waals surface area (Å²) in [5, 5.41) is 37.2. The number of hydrogen-bond donors (Lipinski definition) is 4. The van der Waals surface area contributed by atoms with Crippen LogP contribution in [-0.4, -0.2) is 32.1 Å². The first-order chi connectivity index (χ1) is 5.99. The van der Waals surface area contributed by atoms with Crippen molar-refractivity contribution in [1.29, 1.82) is 0 Å². The van der Waals surface area contributed by atoms with Crippen molar-refractivity contribution in [3.8, 4) is 0 Å². The molecule has 1 aliphatic rings. The van der Waals surface area contributed by atoms with Crippen LogP contribution in [0.4, 0.5) is 0 Å². The maximum Gasteiger partial charge on any atom is 0.156 e. The van der Waals surface area contributed by atoms with Gasteiger partial charge in [-0.15, -0.1) is 6.58 Å². The van der Waals surface area contributed by atoms with Crippen LogP contribution >= 0.6 is 0 Å². The summed E-state index contributed by atoms with van der Waals surface area (Å²) in [5.41, 5.74) is -1.57. The predicted octanol–water partition coefficient (Wildman–Crippen LogP) is 0.552. The first kappa shape index (κ1) is 9.83. The van der Waals surface area contributed by atoms with Gasteiger partial charge >= 0.3 is 0 Å². The Labute approximate surface area is 75.8 Å². The van der Waals surface area contributed by atoms with Crippen molar-refractivity contribution in [2.45, 2.75) is 18.1 Å². The molecule has 0 spiro atoms. The highest BCUT2D eigenvalue weighted by atomic mass is 16.3. The Bertz CT molecular complexity index is 279. The fourth-order valence-corrected chi connectivity index (χ4v) is 1.19. The molecule has 0 fully saturated rings. The van der Waals surface area contributed by atoms with Crippen LogP contribution in [0, 0.1) is 0 Å². The number of hydrogen-bond acceptors (Lipinski definition) is 4. The molecule has 0 amide bonds. The van der Waals surface area contributed by atoms with Crippen molar-refractivity contribution in [3.05, 3.63) is 36.3 Å². The molecule has 72 valence electrons. The minimum atomic E-state index is -1.57. The highest BCUT2D eigenvalue weighted by Gasteiger charge is 2.35. The average Bonchev–Trinajstić information content (AvgIpc) is 2.02. The molecule has 1 rings (SSSR count). The normalized spacial score (nSPS) is 33.5. The Morgan fingerprint density at radius 3 is 2.62 bits per heavy atom. The molecular weight excluding hydrogens is 172 g/mol. The van der Waals surface area contributed by atoms with Gasteiger partial charge in [-0.2, -0.15) is 0 Å². The van der Waals surface area contributed by atoms with Gasteiger partial charge in [0.2, 0.25) is 0 Å². The Kier molecular flexibility index (Phi) is 2.45. The molecule has 0 aromatic carbocycles. The van der Waals surface area contributed by atoms with E-state index in [0.29, 0.717) is 0 Å². The zero-order valence-corrected chi connectivity index (χ0v) is 7.01. The zero-order chi connectivity index (χ0) is 10.1. The van der Waals surface area contributed by atoms with Gasteiger partial charge in [0.05, 0.1) is 0 Å². The molecule has 0 bridgehead atoms. The first-order valence-electron chi connectivity index (χ1n) is 3.84. The second-order valence-corrected chi connectivity index (χ2v) is 3.01. The lowest BCUT2D eigenvalue weighted by atomic mass is 9.88. The van der Waals surface area contributed by atoms with Crippen LogP contribution in [0.1, 0.15) is 6.42 Å². The second-order valence-electron chi connectivity index (χ2n) is 3.01. The van der Waals surface area contributed by atoms with Crippen LogP contribution in [0.15, 0.2) is 36.3 Å². The number of aliphatic hydroxyl groups is 4. The standard InChI is InChI=1S/C9H12O4/c1-2-3-9(13)5-7(11)6(10)4-8(9)12/h2,4-5,8,10-13H,1,3H2. The smallest absolute Gasteiger partial charge is 0.156 e. The van der Waals surface area contributed by atoms with Crippen LogP contribution < -0.4 is 0 Å². The zero-order valence-electron chi connectivity index (χ0n) is 7.01. The molecule has 4 heteroatoms. The van der Waals surface area contributed by atoms with Gasteiger partial charge in [0.1, 0.15) is 11.7 Å². The molecule has 2 unspecified atom stereocenters. The van der Waals surface area contributed by atoms with Gasteiger partial charge in [0.25, 0.3) is 0 Å². The lowest BCUT2D eigenvalue weighted by molar-refractivity contribution is -0.0190. The van der Waals surface area contributed by atoms with E-state index in [1.165, 1.54) is 6.08 Å². The van der Waals surface area contributed by atoms with Crippen LogP contribution in [0.5, 0.6) is 0 Å². The summed E-state index contributed by atoms with van der Waals surface area (Å²) in [6.07, 6.45) is 2.28. The molecule has 0 aromatic heterocycles. The Morgan fingerprint density at radius 1 is 1.46 bits per heavy atom. The topological polar surface area (TPSA) is 80.9 Å². The lowest BCUT2D eigenvalue weighted by Crippen LogP contribution is -2.41. The van der Waals surface area contributed by atoms with E-state index in [-0.39, 0.29) is 6.42 Å². The van der Waals surface area contributed by atoms with Crippen molar-refractivity contribution >= 4 is 0 Å². The Morgan fingerprint density at radius 2 is 2.08 bits per heavy atom. The summed E-state index contributed by atoms with van der Waals surface area (Å²) >= 11 is 0. The first-order valence-corrected chi connectivity index (χ1v) is 3.84. The van der Waals surface area contributed by atoms with E-state index < -0.39 is 23.2 Å². The molecule has 2 atom stereocenters. The molecular formula is C9H12O4. The number of aliphatic hydroxyl groups excluding tert-OH is 3. The predicted molar refractivity (Wildman–Crippen MR) is 47.2 cm³/mol. The third-order valence-electron chi connectivity index (χ3n) is 1.95. The van der Waals surface area contributed by atoms with Crippen molar-refractivity contribution in [1.82, 2.24) is 0 Å². The minimum Gasteiger partial charge on any atom is -0.504 e. The average molecular weight is 184 g/mol. The molecule has 0 aromatic rings. The third kappa shape index (κ3) is 1.74. The summed E-state index contributed by atoms with van der Waals surface area (Å²) in [6, 6.07) is 0. The summed E-state index contributed by atoms with van der Waals surface area (Å²) in [5.74, 6) is -0.865. The highest BCUT2D eigenvalue weighted by molar-refractivity contribution is 5.31. The molecule has 0 aliphatic heterocycles. The summed E-state index contributed by atoms with van der Waals surface area (Å²) in [7, 11) is 0. The molecule has 13 heavy (non-hydrogen) atoms. The molecule has 4 N–H and O–H groups in total. The van der Waals surface area contributed by atoms with Crippen molar-refractivity contribution in [2.24, 2.45) is 0 Å². The maximum atomic E-state index is 9.71. The fraction of sp³-hybridized carbons (Fsp3) is 0.333. The van der Waals surface area contributed by atoms with E-state index in [0.717, 1.165) is 12.2 Å². The lowest BCUT2D eigenvalue weighted by Gasteiger charge is -2.30. The quantitative estimate of drug-likeness (QED) is 0.472. The summed E-state index contributed by atoms with van der Waals surface area (Å²) in [4.78, 5) is 0. The minimum absolute atomic E-state index is 0.0992. The van der Waals surface area contributed by atoms with E-state index in [2.05, 4.69) is 6.58 Å². The highest BCUT2D eigenvalue weighted by Crippen LogP contribution is 2.27. The van der Waals surface area contributed by atoms with Crippen LogP contribution in [0.2, 0.25) is 0 Å². The van der Waals surface area contributed by atoms with E-state index in [1.54, 1.807) is 0 Å². The van der Waals surface area contributed by atoms with Gasteiger partial charge in [-0.05, 0) is 12.2 Å². The van der Waals surface area contributed by atoms with E-state index in [1.807, 2.05) is 0 Å². The molecule has 0 saturated carbocycles. The van der Waals surface area contributed by atoms with Crippen LogP contribution in [0.25, 0.3) is 0 Å². The molecule has 4 nitrogen and oxygen atoms in total. The molecule has 0 radical (unpaired) electrons. The van der Waals surface area contributed by atoms with Gasteiger partial charge in [0.15, 0.2) is 11.5 Å². The SMILES string of the molecule is C=CCC1(O)C=C(O)C(O)=CC1O. The largest absolute Gasteiger partial charge is 0.504 e. The van der Waals surface area contributed by atoms with Crippen molar-refractivity contribution in [3.63, 3.8) is 0 Å².